The minimum Gasteiger partial charge on any atom is -0.477 e. The molecule has 2 heterocycles. The van der Waals surface area contributed by atoms with Gasteiger partial charge in [-0.3, -0.25) is 14.5 Å². The molecule has 8 heteroatoms. The molecule has 2 amide bonds. The Morgan fingerprint density at radius 1 is 1.08 bits per heavy atom. The van der Waals surface area contributed by atoms with Gasteiger partial charge in [-0.15, -0.1) is 0 Å². The average Bonchev–Trinajstić information content (AvgIpc) is 3.34. The van der Waals surface area contributed by atoms with E-state index in [0.29, 0.717) is 35.6 Å². The molecule has 1 aliphatic heterocycles. The Hall–Kier alpha value is -4.17. The van der Waals surface area contributed by atoms with E-state index in [-0.39, 0.29) is 18.0 Å². The molecular weight excluding hydrogens is 456 g/mol. The number of nitrogens with zero attached hydrogens (tertiary/aromatic N) is 2. The number of aromatic carboxylic acids is 1. The molecular formula is C28H30N4O4. The third kappa shape index (κ3) is 4.67. The van der Waals surface area contributed by atoms with Crippen LogP contribution in [0.15, 0.2) is 54.6 Å². The molecule has 4 N–H and O–H groups in total. The van der Waals surface area contributed by atoms with E-state index in [1.807, 2.05) is 67.3 Å². The number of benzene rings is 2. The van der Waals surface area contributed by atoms with Crippen LogP contribution in [0.3, 0.4) is 0 Å². The van der Waals surface area contributed by atoms with Crippen LogP contribution < -0.4 is 11.1 Å². The van der Waals surface area contributed by atoms with Crippen molar-refractivity contribution in [3.63, 3.8) is 0 Å². The number of carbonyl (C=O) groups excluding carboxylic acids is 2. The first-order chi connectivity index (χ1) is 17.2. The lowest BCUT2D eigenvalue weighted by Crippen LogP contribution is -2.37. The van der Waals surface area contributed by atoms with Gasteiger partial charge in [-0.25, -0.2) is 4.79 Å². The first-order valence-electron chi connectivity index (χ1n) is 12.0. The van der Waals surface area contributed by atoms with Gasteiger partial charge in [0.1, 0.15) is 5.69 Å². The van der Waals surface area contributed by atoms with Gasteiger partial charge in [0, 0.05) is 16.9 Å². The Bertz CT molecular complexity index is 1350. The molecule has 3 aromatic rings. The highest BCUT2D eigenvalue weighted by molar-refractivity contribution is 6.35. The van der Waals surface area contributed by atoms with Gasteiger partial charge < -0.3 is 20.7 Å². The normalized spacial score (nSPS) is 14.7. The number of carbonyl (C=O) groups is 3. The van der Waals surface area contributed by atoms with Crippen LogP contribution in [0.2, 0.25) is 0 Å². The molecule has 0 aliphatic carbocycles. The van der Waals surface area contributed by atoms with E-state index >= 15 is 0 Å². The van der Waals surface area contributed by atoms with Gasteiger partial charge in [0.05, 0.1) is 18.2 Å². The number of hydrogen-bond acceptors (Lipinski definition) is 4. The third-order valence-corrected chi connectivity index (χ3v) is 6.58. The molecule has 0 saturated carbocycles. The third-order valence-electron chi connectivity index (χ3n) is 6.58. The summed E-state index contributed by atoms with van der Waals surface area (Å²) < 4.78 is 1.62. The van der Waals surface area contributed by atoms with Crippen LogP contribution >= 0.6 is 0 Å². The predicted molar refractivity (Wildman–Crippen MR) is 140 cm³/mol. The molecule has 2 aromatic carbocycles. The van der Waals surface area contributed by atoms with Crippen molar-refractivity contribution in [2.24, 2.45) is 5.73 Å². The Balaban J connectivity index is 1.86. The lowest BCUT2D eigenvalue weighted by Gasteiger charge is -2.32. The summed E-state index contributed by atoms with van der Waals surface area (Å²) in [4.78, 5) is 39.2. The van der Waals surface area contributed by atoms with Gasteiger partial charge in [0.15, 0.2) is 0 Å². The lowest BCUT2D eigenvalue weighted by atomic mass is 10.00. The zero-order valence-electron chi connectivity index (χ0n) is 20.6. The maximum Gasteiger partial charge on any atom is 0.352 e. The Kier molecular flexibility index (Phi) is 7.07. The van der Waals surface area contributed by atoms with Gasteiger partial charge >= 0.3 is 5.97 Å². The van der Waals surface area contributed by atoms with Gasteiger partial charge in [0.2, 0.25) is 5.91 Å². The van der Waals surface area contributed by atoms with Crippen molar-refractivity contribution < 1.29 is 19.5 Å². The van der Waals surface area contributed by atoms with Crippen LogP contribution in [-0.4, -0.2) is 45.4 Å². The molecule has 8 nitrogen and oxygen atoms in total. The molecule has 186 valence electrons. The van der Waals surface area contributed by atoms with Gasteiger partial charge in [0.25, 0.3) is 5.91 Å². The predicted octanol–water partition coefficient (Wildman–Crippen LogP) is 4.37. The molecule has 0 spiro atoms. The SMILES string of the molecule is CCN(CC)C(CC(N)=O)n1c(C=C2C(=O)Nc3cc(-c4ccccc4)ccc32)cc(C)c1C(=O)O. The average molecular weight is 487 g/mol. The highest BCUT2D eigenvalue weighted by Gasteiger charge is 2.30. The summed E-state index contributed by atoms with van der Waals surface area (Å²) in [6, 6.07) is 17.4. The molecule has 0 saturated heterocycles. The fourth-order valence-electron chi connectivity index (χ4n) is 4.89. The van der Waals surface area contributed by atoms with Gasteiger partial charge in [-0.05, 0) is 54.9 Å². The van der Waals surface area contributed by atoms with E-state index in [9.17, 15) is 19.5 Å². The first kappa shape index (κ1) is 24.9. The van der Waals surface area contributed by atoms with Crippen molar-refractivity contribution in [3.8, 4) is 11.1 Å². The molecule has 0 bridgehead atoms. The number of nitrogens with one attached hydrogen (secondary N) is 1. The summed E-state index contributed by atoms with van der Waals surface area (Å²) in [5, 5.41) is 13.0. The molecule has 0 radical (unpaired) electrons. The zero-order valence-corrected chi connectivity index (χ0v) is 20.6. The van der Waals surface area contributed by atoms with Gasteiger partial charge in [-0.1, -0.05) is 56.3 Å². The Morgan fingerprint density at radius 2 is 1.78 bits per heavy atom. The van der Waals surface area contributed by atoms with Crippen molar-refractivity contribution >= 4 is 35.1 Å². The zero-order chi connectivity index (χ0) is 26.0. The standard InChI is InChI=1S/C28H30N4O4/c1-4-31(5-2)25(16-24(29)33)32-20(13-17(3)26(32)28(35)36)15-22-21-12-11-19(14-23(21)30-27(22)34)18-9-7-6-8-10-18/h6-15,25H,4-5,16H2,1-3H3,(H2,29,33)(H,30,34)(H,35,36). The quantitative estimate of drug-likeness (QED) is 0.388. The maximum atomic E-state index is 13.0. The minimum absolute atomic E-state index is 0.0600. The number of amides is 2. The molecule has 1 aliphatic rings. The largest absolute Gasteiger partial charge is 0.477 e. The van der Waals surface area contributed by atoms with Crippen LogP contribution in [0, 0.1) is 6.92 Å². The highest BCUT2D eigenvalue weighted by Crippen LogP contribution is 2.37. The first-order valence-corrected chi connectivity index (χ1v) is 12.0. The number of carboxylic acids is 1. The molecule has 0 fully saturated rings. The summed E-state index contributed by atoms with van der Waals surface area (Å²) in [5.74, 6) is -1.92. The van der Waals surface area contributed by atoms with E-state index in [4.69, 9.17) is 5.73 Å². The lowest BCUT2D eigenvalue weighted by molar-refractivity contribution is -0.120. The Morgan fingerprint density at radius 3 is 2.39 bits per heavy atom. The Labute approximate surface area is 210 Å². The smallest absolute Gasteiger partial charge is 0.352 e. The van der Waals surface area contributed by atoms with E-state index in [1.165, 1.54) is 0 Å². The van der Waals surface area contributed by atoms with Crippen LogP contribution in [0.25, 0.3) is 22.8 Å². The molecule has 1 unspecified atom stereocenters. The minimum atomic E-state index is -1.11. The van der Waals surface area contributed by atoms with Crippen molar-refractivity contribution in [1.82, 2.24) is 9.47 Å². The number of hydrogen-bond donors (Lipinski definition) is 3. The molecule has 4 rings (SSSR count). The van der Waals surface area contributed by atoms with Crippen LogP contribution in [0.4, 0.5) is 5.69 Å². The van der Waals surface area contributed by atoms with Crippen LogP contribution in [0.5, 0.6) is 0 Å². The number of nitrogens with two attached hydrogens (primary N) is 1. The van der Waals surface area contributed by atoms with E-state index in [0.717, 1.165) is 16.7 Å². The summed E-state index contributed by atoms with van der Waals surface area (Å²) >= 11 is 0. The number of primary amides is 1. The van der Waals surface area contributed by atoms with Crippen molar-refractivity contribution in [3.05, 3.63) is 77.1 Å². The van der Waals surface area contributed by atoms with E-state index in [2.05, 4.69) is 5.32 Å². The number of aryl methyl sites for hydroxylation is 1. The number of rotatable bonds is 9. The second kappa shape index (κ2) is 10.2. The second-order valence-electron chi connectivity index (χ2n) is 8.79. The molecule has 1 atom stereocenters. The van der Waals surface area contributed by atoms with E-state index in [1.54, 1.807) is 23.6 Å². The van der Waals surface area contributed by atoms with Crippen LogP contribution in [-0.2, 0) is 9.59 Å². The highest BCUT2D eigenvalue weighted by atomic mass is 16.4. The summed E-state index contributed by atoms with van der Waals surface area (Å²) in [6.07, 6.45) is 1.03. The second-order valence-corrected chi connectivity index (χ2v) is 8.79. The number of anilines is 1. The fourth-order valence-corrected chi connectivity index (χ4v) is 4.89. The topological polar surface area (TPSA) is 118 Å². The van der Waals surface area contributed by atoms with Crippen molar-refractivity contribution in [2.45, 2.75) is 33.4 Å². The summed E-state index contributed by atoms with van der Waals surface area (Å²) in [6.45, 7) is 6.77. The summed E-state index contributed by atoms with van der Waals surface area (Å²) in [5.41, 5.74) is 10.6. The number of aromatic nitrogens is 1. The van der Waals surface area contributed by atoms with Crippen LogP contribution in [0.1, 0.15) is 53.7 Å². The number of fused-ring (bicyclic) bond motifs is 1. The fraction of sp³-hybridized carbons (Fsp3) is 0.250. The number of carboxylic acid groups (broad SMARTS) is 1. The molecule has 36 heavy (non-hydrogen) atoms. The maximum absolute atomic E-state index is 13.0. The van der Waals surface area contributed by atoms with Gasteiger partial charge in [-0.2, -0.15) is 0 Å². The monoisotopic (exact) mass is 486 g/mol. The molecule has 1 aromatic heterocycles. The van der Waals surface area contributed by atoms with Crippen molar-refractivity contribution in [2.75, 3.05) is 18.4 Å². The van der Waals surface area contributed by atoms with Crippen molar-refractivity contribution in [1.29, 1.82) is 0 Å². The van der Waals surface area contributed by atoms with E-state index < -0.39 is 18.0 Å². The summed E-state index contributed by atoms with van der Waals surface area (Å²) in [7, 11) is 0.